The van der Waals surface area contributed by atoms with Crippen molar-refractivity contribution >= 4 is 58.2 Å². The van der Waals surface area contributed by atoms with Gasteiger partial charge in [0.25, 0.3) is 0 Å². The zero-order valence-corrected chi connectivity index (χ0v) is 26.5. The number of rotatable bonds is 7. The van der Waals surface area contributed by atoms with Gasteiger partial charge in [0.2, 0.25) is 17.7 Å². The van der Waals surface area contributed by atoms with E-state index in [1.807, 2.05) is 43.3 Å². The van der Waals surface area contributed by atoms with E-state index in [0.717, 1.165) is 41.9 Å². The number of benzene rings is 2. The molecule has 2 fully saturated rings. The summed E-state index contributed by atoms with van der Waals surface area (Å²) in [6.45, 7) is 3.22. The summed E-state index contributed by atoms with van der Waals surface area (Å²) < 4.78 is 6.56. The predicted molar refractivity (Wildman–Crippen MR) is 170 cm³/mol. The van der Waals surface area contributed by atoms with Crippen LogP contribution < -0.4 is 14.7 Å². The lowest BCUT2D eigenvalue weighted by Crippen LogP contribution is -2.39. The number of imide groups is 1. The third kappa shape index (κ3) is 5.34. The molecule has 230 valence electrons. The number of likely N-dealkylation sites (tertiary alicyclic amines) is 1. The number of thioether (sulfide) groups is 1. The second kappa shape index (κ2) is 12.2. The highest BCUT2D eigenvalue weighted by Gasteiger charge is 2.56. The minimum atomic E-state index is -0.788. The summed E-state index contributed by atoms with van der Waals surface area (Å²) in [5.41, 5.74) is 2.49. The zero-order valence-electron chi connectivity index (χ0n) is 24.9. The number of amides is 3. The van der Waals surface area contributed by atoms with Gasteiger partial charge in [0.15, 0.2) is 0 Å². The number of fused-ring (bicyclic) bond motifs is 2. The lowest BCUT2D eigenvalue weighted by Gasteiger charge is -2.31. The van der Waals surface area contributed by atoms with Crippen LogP contribution in [-0.4, -0.2) is 72.2 Å². The van der Waals surface area contributed by atoms with E-state index >= 15 is 0 Å². The van der Waals surface area contributed by atoms with Gasteiger partial charge in [-0.15, -0.1) is 0 Å². The SMILES string of the molecule is CCOC(=O)c1ccc(N2C(=O)C3Sc4c(sc(=O)n4CC(=O)N4CCCCC4)C(c4ccc(N(C)C)cc4)C3C2=O)cc1. The minimum absolute atomic E-state index is 0.0947. The van der Waals surface area contributed by atoms with Crippen LogP contribution in [0, 0.1) is 5.92 Å². The molecule has 2 saturated heterocycles. The topological polar surface area (TPSA) is 109 Å². The molecule has 10 nitrogen and oxygen atoms in total. The smallest absolute Gasteiger partial charge is 0.338 e. The van der Waals surface area contributed by atoms with E-state index in [-0.39, 0.29) is 35.7 Å². The van der Waals surface area contributed by atoms with Crippen molar-refractivity contribution in [2.45, 2.75) is 48.9 Å². The van der Waals surface area contributed by atoms with Gasteiger partial charge in [0, 0.05) is 43.7 Å². The van der Waals surface area contributed by atoms with Gasteiger partial charge in [-0.25, -0.2) is 9.69 Å². The van der Waals surface area contributed by atoms with Gasteiger partial charge in [-0.3, -0.25) is 23.7 Å². The first-order valence-electron chi connectivity index (χ1n) is 14.8. The first-order chi connectivity index (χ1) is 21.2. The summed E-state index contributed by atoms with van der Waals surface area (Å²) in [6.07, 6.45) is 2.97. The fourth-order valence-corrected chi connectivity index (χ4v) is 8.96. The Bertz CT molecular complexity index is 1660. The first kappa shape index (κ1) is 30.1. The average molecular weight is 635 g/mol. The molecular formula is C32H34N4O6S2. The molecule has 2 aromatic carbocycles. The van der Waals surface area contributed by atoms with Crippen LogP contribution in [-0.2, 0) is 25.7 Å². The van der Waals surface area contributed by atoms with Gasteiger partial charge in [-0.1, -0.05) is 35.2 Å². The van der Waals surface area contributed by atoms with Crippen molar-refractivity contribution in [3.8, 4) is 0 Å². The second-order valence-corrected chi connectivity index (χ2v) is 13.5. The van der Waals surface area contributed by atoms with Gasteiger partial charge < -0.3 is 14.5 Å². The van der Waals surface area contributed by atoms with Gasteiger partial charge in [0.1, 0.15) is 11.8 Å². The van der Waals surface area contributed by atoms with Crippen LogP contribution in [0.2, 0.25) is 0 Å². The number of hydrogen-bond donors (Lipinski definition) is 0. The van der Waals surface area contributed by atoms with Gasteiger partial charge >= 0.3 is 10.8 Å². The van der Waals surface area contributed by atoms with Crippen LogP contribution in [0.25, 0.3) is 0 Å². The Morgan fingerprint density at radius 2 is 1.61 bits per heavy atom. The summed E-state index contributed by atoms with van der Waals surface area (Å²) in [5, 5.41) is -0.211. The number of nitrogens with zero attached hydrogens (tertiary/aromatic N) is 4. The summed E-state index contributed by atoms with van der Waals surface area (Å²) in [6, 6.07) is 14.0. The Labute approximate surface area is 263 Å². The number of piperidine rings is 1. The average Bonchev–Trinajstić information content (AvgIpc) is 3.47. The van der Waals surface area contributed by atoms with Gasteiger partial charge in [-0.2, -0.15) is 0 Å². The van der Waals surface area contributed by atoms with Crippen molar-refractivity contribution in [3.63, 3.8) is 0 Å². The highest BCUT2D eigenvalue weighted by molar-refractivity contribution is 8.00. The van der Waals surface area contributed by atoms with Crippen molar-refractivity contribution < 1.29 is 23.9 Å². The maximum absolute atomic E-state index is 14.2. The fraction of sp³-hybridized carbons (Fsp3) is 0.406. The number of ether oxygens (including phenoxy) is 1. The third-order valence-electron chi connectivity index (χ3n) is 8.46. The van der Waals surface area contributed by atoms with Crippen molar-refractivity contribution in [1.82, 2.24) is 9.47 Å². The fourth-order valence-electron chi connectivity index (χ4n) is 6.19. The van der Waals surface area contributed by atoms with Gasteiger partial charge in [0.05, 0.1) is 28.8 Å². The second-order valence-electron chi connectivity index (χ2n) is 11.4. The Morgan fingerprint density at radius 1 is 0.932 bits per heavy atom. The molecule has 0 N–H and O–H groups in total. The number of esters is 1. The summed E-state index contributed by atoms with van der Waals surface area (Å²) in [5.74, 6) is -2.64. The number of anilines is 2. The molecule has 3 aliphatic rings. The molecule has 3 amide bonds. The van der Waals surface area contributed by atoms with Crippen LogP contribution in [0.1, 0.15) is 52.9 Å². The maximum atomic E-state index is 14.2. The van der Waals surface area contributed by atoms with Gasteiger partial charge in [-0.05, 0) is 68.1 Å². The molecule has 44 heavy (non-hydrogen) atoms. The van der Waals surface area contributed by atoms with E-state index in [1.54, 1.807) is 36.1 Å². The number of carbonyl (C=O) groups excluding carboxylic acids is 4. The van der Waals surface area contributed by atoms with E-state index in [1.165, 1.54) is 21.2 Å². The molecule has 0 radical (unpaired) electrons. The largest absolute Gasteiger partial charge is 0.462 e. The molecule has 3 unspecified atom stereocenters. The van der Waals surface area contributed by atoms with Crippen molar-refractivity contribution in [2.75, 3.05) is 43.6 Å². The van der Waals surface area contributed by atoms with E-state index in [9.17, 15) is 24.0 Å². The lowest BCUT2D eigenvalue weighted by molar-refractivity contribution is -0.133. The van der Waals surface area contributed by atoms with Crippen molar-refractivity contribution in [1.29, 1.82) is 0 Å². The number of aromatic nitrogens is 1. The number of carbonyl (C=O) groups is 4. The maximum Gasteiger partial charge on any atom is 0.338 e. The van der Waals surface area contributed by atoms with Crippen molar-refractivity contribution in [2.24, 2.45) is 5.92 Å². The highest BCUT2D eigenvalue weighted by atomic mass is 32.2. The third-order valence-corrected chi connectivity index (χ3v) is 11.1. The van der Waals surface area contributed by atoms with Crippen LogP contribution >= 0.6 is 23.1 Å². The molecule has 4 heterocycles. The quantitative estimate of drug-likeness (QED) is 0.284. The van der Waals surface area contributed by atoms with Crippen LogP contribution in [0.5, 0.6) is 0 Å². The predicted octanol–water partition coefficient (Wildman–Crippen LogP) is 3.96. The lowest BCUT2D eigenvalue weighted by atomic mass is 9.83. The minimum Gasteiger partial charge on any atom is -0.462 e. The Balaban J connectivity index is 1.39. The number of hydrogen-bond acceptors (Lipinski definition) is 9. The Kier molecular flexibility index (Phi) is 8.38. The summed E-state index contributed by atoms with van der Waals surface area (Å²) in [4.78, 5) is 72.4. The molecule has 12 heteroatoms. The standard InChI is InChI=1S/C32H34N4O6S2/c1-4-42-31(40)20-10-14-22(15-11-20)36-28(38)25-24(19-8-12-21(13-9-19)33(2)3)27-30(43-26(25)29(36)39)35(32(41)44-27)18-23(37)34-16-6-5-7-17-34/h8-15,24-26H,4-7,16-18H2,1-3H3. The molecule has 0 bridgehead atoms. The van der Waals surface area contributed by atoms with E-state index < -0.39 is 23.1 Å². The number of thiazole rings is 1. The van der Waals surface area contributed by atoms with Crippen LogP contribution in [0.4, 0.5) is 11.4 Å². The molecule has 0 saturated carbocycles. The van der Waals surface area contributed by atoms with Crippen LogP contribution in [0.3, 0.4) is 0 Å². The molecule has 3 atom stereocenters. The molecule has 3 aromatic rings. The Morgan fingerprint density at radius 3 is 2.25 bits per heavy atom. The van der Waals surface area contributed by atoms with E-state index in [0.29, 0.717) is 34.2 Å². The summed E-state index contributed by atoms with van der Waals surface area (Å²) in [7, 11) is 3.88. The molecule has 6 rings (SSSR count). The molecule has 1 aromatic heterocycles. The normalized spacial score (nSPS) is 21.2. The molecule has 3 aliphatic heterocycles. The molecular weight excluding hydrogens is 601 g/mol. The monoisotopic (exact) mass is 634 g/mol. The molecule has 0 spiro atoms. The molecule has 0 aliphatic carbocycles. The Hall–Kier alpha value is -3.90. The van der Waals surface area contributed by atoms with Crippen LogP contribution in [0.15, 0.2) is 58.4 Å². The van der Waals surface area contributed by atoms with E-state index in [2.05, 4.69) is 0 Å². The summed E-state index contributed by atoms with van der Waals surface area (Å²) >= 11 is 2.25. The van der Waals surface area contributed by atoms with Crippen molar-refractivity contribution in [3.05, 3.63) is 74.2 Å². The zero-order chi connectivity index (χ0) is 31.1. The highest BCUT2D eigenvalue weighted by Crippen LogP contribution is 2.54. The first-order valence-corrected chi connectivity index (χ1v) is 16.5. The van der Waals surface area contributed by atoms with E-state index in [4.69, 9.17) is 4.74 Å².